The van der Waals surface area contributed by atoms with Gasteiger partial charge in [-0.15, -0.1) is 0 Å². The van der Waals surface area contributed by atoms with E-state index in [0.717, 1.165) is 128 Å². The lowest BCUT2D eigenvalue weighted by Gasteiger charge is -2.26. The van der Waals surface area contributed by atoms with Crippen LogP contribution in [0.1, 0.15) is 182 Å². The summed E-state index contributed by atoms with van der Waals surface area (Å²) in [5.74, 6) is 0. The van der Waals surface area contributed by atoms with Crippen molar-refractivity contribution in [3.63, 3.8) is 0 Å². The molecular formula is C44H74Cl2N2O4S2. The SMILES string of the molecule is CCCCCCCCN(CCCCCCCC)S(=O)(=O)c1cc(Cl)ccc1-c1ccc(Cl)cc1S(=O)(=O)N(CCCCCCCC)CCCCCCCC. The van der Waals surface area contributed by atoms with Crippen molar-refractivity contribution < 1.29 is 16.8 Å². The molecule has 0 bridgehead atoms. The van der Waals surface area contributed by atoms with Crippen molar-refractivity contribution in [1.29, 1.82) is 0 Å². The summed E-state index contributed by atoms with van der Waals surface area (Å²) in [5.41, 5.74) is 0.675. The number of rotatable bonds is 33. The highest BCUT2D eigenvalue weighted by molar-refractivity contribution is 7.89. The Hall–Kier alpha value is -1.16. The first-order valence-electron chi connectivity index (χ1n) is 21.6. The van der Waals surface area contributed by atoms with Crippen LogP contribution in [0.25, 0.3) is 11.1 Å². The normalized spacial score (nSPS) is 12.4. The molecule has 2 rings (SSSR count). The minimum Gasteiger partial charge on any atom is -0.207 e. The lowest BCUT2D eigenvalue weighted by Crippen LogP contribution is -2.34. The smallest absolute Gasteiger partial charge is 0.207 e. The van der Waals surface area contributed by atoms with Gasteiger partial charge >= 0.3 is 0 Å². The Kier molecular flexibility index (Phi) is 25.6. The van der Waals surface area contributed by atoms with Gasteiger partial charge in [0.25, 0.3) is 0 Å². The summed E-state index contributed by atoms with van der Waals surface area (Å²) in [7, 11) is -8.07. The predicted molar refractivity (Wildman–Crippen MR) is 233 cm³/mol. The summed E-state index contributed by atoms with van der Waals surface area (Å²) < 4.78 is 62.3. The van der Waals surface area contributed by atoms with Crippen LogP contribution in [0.4, 0.5) is 0 Å². The van der Waals surface area contributed by atoms with Crippen LogP contribution >= 0.6 is 23.2 Å². The second-order valence-electron chi connectivity index (χ2n) is 15.2. The molecular weight excluding hydrogens is 756 g/mol. The topological polar surface area (TPSA) is 74.8 Å². The van der Waals surface area contributed by atoms with Crippen LogP contribution in [0.3, 0.4) is 0 Å². The molecule has 0 heterocycles. The van der Waals surface area contributed by atoms with Crippen LogP contribution in [-0.2, 0) is 20.0 Å². The number of nitrogens with zero attached hydrogens (tertiary/aromatic N) is 2. The fourth-order valence-corrected chi connectivity index (χ4v) is 11.1. The van der Waals surface area contributed by atoms with E-state index >= 15 is 0 Å². The zero-order valence-corrected chi connectivity index (χ0v) is 37.5. The number of sulfonamides is 2. The first kappa shape index (κ1) is 49.0. The van der Waals surface area contributed by atoms with Crippen LogP contribution in [0.5, 0.6) is 0 Å². The molecule has 54 heavy (non-hydrogen) atoms. The van der Waals surface area contributed by atoms with Crippen LogP contribution in [0.2, 0.25) is 10.0 Å². The van der Waals surface area contributed by atoms with Gasteiger partial charge in [-0.05, 0) is 49.9 Å². The van der Waals surface area contributed by atoms with Gasteiger partial charge in [0.05, 0.1) is 9.79 Å². The van der Waals surface area contributed by atoms with Crippen molar-refractivity contribution in [3.05, 3.63) is 46.4 Å². The molecule has 2 aromatic rings. The maximum absolute atomic E-state index is 14.8. The van der Waals surface area contributed by atoms with Crippen molar-refractivity contribution in [3.8, 4) is 11.1 Å². The van der Waals surface area contributed by atoms with E-state index in [1.54, 1.807) is 32.9 Å². The molecule has 310 valence electrons. The number of hydrogen-bond acceptors (Lipinski definition) is 4. The van der Waals surface area contributed by atoms with E-state index in [9.17, 15) is 16.8 Å². The summed E-state index contributed by atoms with van der Waals surface area (Å²) in [6.07, 6.45) is 25.3. The molecule has 0 aliphatic carbocycles. The van der Waals surface area contributed by atoms with E-state index in [1.165, 1.54) is 37.8 Å². The standard InChI is InChI=1S/C44H74Cl2N2O4S2/c1-5-9-13-17-21-25-33-47(34-26-22-18-14-10-6-2)53(49,50)43-37-39(45)29-31-41(43)42-32-30-40(46)38-44(42)54(51,52)48(35-27-23-19-15-11-7-3)36-28-24-20-16-12-8-4/h29-32,37-38H,5-28,33-36H2,1-4H3. The van der Waals surface area contributed by atoms with E-state index in [-0.39, 0.29) is 9.79 Å². The maximum atomic E-state index is 14.8. The van der Waals surface area contributed by atoms with Crippen molar-refractivity contribution in [2.24, 2.45) is 0 Å². The molecule has 0 aliphatic rings. The Balaban J connectivity index is 2.53. The Morgan fingerprint density at radius 3 is 0.889 bits per heavy atom. The highest BCUT2D eigenvalue weighted by Crippen LogP contribution is 2.38. The molecule has 0 atom stereocenters. The molecule has 0 aliphatic heterocycles. The Bertz CT molecular complexity index is 1370. The zero-order chi connectivity index (χ0) is 39.7. The summed E-state index contributed by atoms with van der Waals surface area (Å²) in [5, 5.41) is 0.588. The second kappa shape index (κ2) is 28.3. The van der Waals surface area contributed by atoms with Crippen molar-refractivity contribution in [1.82, 2.24) is 8.61 Å². The molecule has 0 amide bonds. The minimum atomic E-state index is -4.03. The van der Waals surface area contributed by atoms with Crippen LogP contribution in [0, 0.1) is 0 Å². The molecule has 0 radical (unpaired) electrons. The first-order chi connectivity index (χ1) is 26.0. The number of unbranched alkanes of at least 4 members (excludes halogenated alkanes) is 20. The Morgan fingerprint density at radius 2 is 0.630 bits per heavy atom. The van der Waals surface area contributed by atoms with Gasteiger partial charge < -0.3 is 0 Å². The quantitative estimate of drug-likeness (QED) is 0.0672. The van der Waals surface area contributed by atoms with E-state index in [4.69, 9.17) is 23.2 Å². The third-order valence-corrected chi connectivity index (χ3v) is 14.8. The molecule has 0 unspecified atom stereocenters. The fourth-order valence-electron chi connectivity index (χ4n) is 7.12. The van der Waals surface area contributed by atoms with Gasteiger partial charge in [-0.25, -0.2) is 16.8 Å². The summed E-state index contributed by atoms with van der Waals surface area (Å²) in [4.78, 5) is 0.0910. The molecule has 0 fully saturated rings. The van der Waals surface area contributed by atoms with E-state index < -0.39 is 20.0 Å². The summed E-state index contributed by atoms with van der Waals surface area (Å²) >= 11 is 13.1. The fraction of sp³-hybridized carbons (Fsp3) is 0.727. The predicted octanol–water partition coefficient (Wildman–Crippen LogP) is 14.1. The summed E-state index contributed by atoms with van der Waals surface area (Å²) in [6, 6.07) is 9.62. The summed E-state index contributed by atoms with van der Waals surface area (Å²) in [6.45, 7) is 10.5. The van der Waals surface area contributed by atoms with E-state index in [0.29, 0.717) is 47.4 Å². The van der Waals surface area contributed by atoms with Crippen molar-refractivity contribution in [2.75, 3.05) is 26.2 Å². The van der Waals surface area contributed by atoms with Crippen LogP contribution in [-0.4, -0.2) is 51.6 Å². The van der Waals surface area contributed by atoms with Crippen LogP contribution in [0.15, 0.2) is 46.2 Å². The monoisotopic (exact) mass is 828 g/mol. The van der Waals surface area contributed by atoms with Crippen molar-refractivity contribution >= 4 is 43.2 Å². The Morgan fingerprint density at radius 1 is 0.389 bits per heavy atom. The van der Waals surface area contributed by atoms with E-state index in [2.05, 4.69) is 27.7 Å². The molecule has 0 saturated carbocycles. The molecule has 0 saturated heterocycles. The number of hydrogen-bond donors (Lipinski definition) is 0. The van der Waals surface area contributed by atoms with E-state index in [1.807, 2.05) is 0 Å². The molecule has 0 N–H and O–H groups in total. The van der Waals surface area contributed by atoms with Gasteiger partial charge in [0.15, 0.2) is 0 Å². The lowest BCUT2D eigenvalue weighted by atomic mass is 10.1. The zero-order valence-electron chi connectivity index (χ0n) is 34.4. The average Bonchev–Trinajstić information content (AvgIpc) is 3.15. The highest BCUT2D eigenvalue weighted by atomic mass is 35.5. The molecule has 0 aromatic heterocycles. The van der Waals surface area contributed by atoms with Gasteiger partial charge in [0.1, 0.15) is 0 Å². The minimum absolute atomic E-state index is 0.0455. The lowest BCUT2D eigenvalue weighted by molar-refractivity contribution is 0.383. The second-order valence-corrected chi connectivity index (χ2v) is 19.8. The van der Waals surface area contributed by atoms with Gasteiger partial charge in [-0.3, -0.25) is 0 Å². The third kappa shape index (κ3) is 17.5. The van der Waals surface area contributed by atoms with Gasteiger partial charge in [0.2, 0.25) is 20.0 Å². The van der Waals surface area contributed by atoms with Crippen molar-refractivity contribution in [2.45, 2.75) is 192 Å². The molecule has 6 nitrogen and oxygen atoms in total. The van der Waals surface area contributed by atoms with Gasteiger partial charge in [0, 0.05) is 47.4 Å². The largest absolute Gasteiger partial charge is 0.243 e. The van der Waals surface area contributed by atoms with Gasteiger partial charge in [-0.1, -0.05) is 191 Å². The third-order valence-electron chi connectivity index (χ3n) is 10.5. The van der Waals surface area contributed by atoms with Gasteiger partial charge in [-0.2, -0.15) is 8.61 Å². The molecule has 10 heteroatoms. The molecule has 2 aromatic carbocycles. The molecule has 0 spiro atoms. The maximum Gasteiger partial charge on any atom is 0.243 e. The highest BCUT2D eigenvalue weighted by Gasteiger charge is 2.32. The Labute approximate surface area is 342 Å². The first-order valence-corrected chi connectivity index (χ1v) is 25.3. The number of benzene rings is 2. The average molecular weight is 830 g/mol. The van der Waals surface area contributed by atoms with Crippen LogP contribution < -0.4 is 0 Å². The number of halogens is 2.